The van der Waals surface area contributed by atoms with Gasteiger partial charge in [0.1, 0.15) is 30.7 Å². The summed E-state index contributed by atoms with van der Waals surface area (Å²) in [7, 11) is -4.22. The molecular formula is C27H29BrN3O9P. The van der Waals surface area contributed by atoms with Crippen molar-refractivity contribution in [3.63, 3.8) is 0 Å². The van der Waals surface area contributed by atoms with Crippen LogP contribution in [0.15, 0.2) is 81.4 Å². The highest BCUT2D eigenvalue weighted by molar-refractivity contribution is 9.11. The first-order chi connectivity index (χ1) is 19.7. The quantitative estimate of drug-likeness (QED) is 0.196. The van der Waals surface area contributed by atoms with Gasteiger partial charge in [0.15, 0.2) is 0 Å². The number of nitrogens with zero attached hydrogens (tertiary/aromatic N) is 1. The number of halogens is 1. The number of hydrogen-bond acceptors (Lipinski definition) is 9. The van der Waals surface area contributed by atoms with Crippen LogP contribution >= 0.6 is 23.7 Å². The zero-order valence-electron chi connectivity index (χ0n) is 21.9. The van der Waals surface area contributed by atoms with Gasteiger partial charge >= 0.3 is 19.4 Å². The Hall–Kier alpha value is -3.32. The van der Waals surface area contributed by atoms with Crippen LogP contribution in [0.3, 0.4) is 0 Å². The smallest absolute Gasteiger partial charge is 0.459 e. The van der Waals surface area contributed by atoms with E-state index < -0.39 is 56.0 Å². The number of aromatic nitrogens is 2. The van der Waals surface area contributed by atoms with E-state index in [0.717, 1.165) is 10.1 Å². The van der Waals surface area contributed by atoms with Crippen LogP contribution in [0.2, 0.25) is 0 Å². The van der Waals surface area contributed by atoms with Gasteiger partial charge in [-0.15, -0.1) is 0 Å². The molecule has 1 aliphatic rings. The molecule has 1 fully saturated rings. The summed E-state index contributed by atoms with van der Waals surface area (Å²) in [5.74, 6) is -0.469. The number of para-hydroxylation sites is 1. The predicted octanol–water partition coefficient (Wildman–Crippen LogP) is 3.48. The fourth-order valence-corrected chi connectivity index (χ4v) is 5.75. The van der Waals surface area contributed by atoms with Gasteiger partial charge in [0, 0.05) is 12.6 Å². The Morgan fingerprint density at radius 1 is 1.22 bits per heavy atom. The topological polar surface area (TPSA) is 158 Å². The lowest BCUT2D eigenvalue weighted by Gasteiger charge is -2.24. The lowest BCUT2D eigenvalue weighted by molar-refractivity contribution is -0.146. The summed E-state index contributed by atoms with van der Waals surface area (Å²) in [6.45, 7) is 1.07. The number of carbonyl (C=O) groups is 1. The van der Waals surface area contributed by atoms with Crippen molar-refractivity contribution in [2.75, 3.05) is 6.61 Å². The van der Waals surface area contributed by atoms with Crippen molar-refractivity contribution >= 4 is 35.7 Å². The molecule has 0 amide bonds. The number of rotatable bonds is 12. The van der Waals surface area contributed by atoms with Crippen molar-refractivity contribution in [3.05, 3.63) is 104 Å². The van der Waals surface area contributed by atoms with Crippen molar-refractivity contribution in [1.82, 2.24) is 14.6 Å². The van der Waals surface area contributed by atoms with E-state index >= 15 is 0 Å². The minimum atomic E-state index is -4.22. The maximum absolute atomic E-state index is 13.8. The van der Waals surface area contributed by atoms with E-state index in [9.17, 15) is 24.1 Å². The summed E-state index contributed by atoms with van der Waals surface area (Å²) >= 11 is 3.09. The summed E-state index contributed by atoms with van der Waals surface area (Å²) in [6.07, 6.45) is -0.282. The highest BCUT2D eigenvalue weighted by Crippen LogP contribution is 2.46. The zero-order chi connectivity index (χ0) is 29.4. The summed E-state index contributed by atoms with van der Waals surface area (Å²) in [5, 5.41) is 13.2. The number of aliphatic hydroxyl groups excluding tert-OH is 1. The van der Waals surface area contributed by atoms with Crippen LogP contribution < -0.4 is 20.9 Å². The number of aliphatic hydroxyl groups is 1. The molecule has 5 atom stereocenters. The minimum Gasteiger partial charge on any atom is -0.460 e. The molecule has 0 aliphatic carbocycles. The highest BCUT2D eigenvalue weighted by Gasteiger charge is 2.39. The maximum atomic E-state index is 13.8. The lowest BCUT2D eigenvalue weighted by Crippen LogP contribution is -2.36. The molecule has 0 saturated carbocycles. The fraction of sp³-hybridized carbons (Fsp3) is 0.296. The molecule has 14 heteroatoms. The second-order valence-corrected chi connectivity index (χ2v) is 11.3. The summed E-state index contributed by atoms with van der Waals surface area (Å²) in [4.78, 5) is 40.7. The van der Waals surface area contributed by atoms with Gasteiger partial charge in [-0.1, -0.05) is 64.5 Å². The molecule has 3 N–H and O–H groups in total. The van der Waals surface area contributed by atoms with Crippen molar-refractivity contribution in [2.24, 2.45) is 0 Å². The van der Waals surface area contributed by atoms with E-state index in [4.69, 9.17) is 18.5 Å². The molecular weight excluding hydrogens is 621 g/mol. The molecule has 3 aromatic rings. The van der Waals surface area contributed by atoms with Crippen molar-refractivity contribution in [1.29, 1.82) is 0 Å². The standard InChI is InChI=1S/C27H29BrN3O9P/c1-18(26(34)37-16-19-8-4-2-5-9-19)30-41(36,40-21-10-6-3-7-11-21)38-17-23-22(32)14-24(39-23)31-15-20(12-13-28)25(33)29-27(31)35/h2-13,15,18,22-24,32H,14,16-17H2,1H3,(H,30,36)(H,29,33,35)/t18-,22?,23+,24+,41?/m0/s1. The van der Waals surface area contributed by atoms with Gasteiger partial charge in [-0.2, -0.15) is 5.09 Å². The van der Waals surface area contributed by atoms with Crippen LogP contribution in [0, 0.1) is 0 Å². The molecule has 2 heterocycles. The van der Waals surface area contributed by atoms with E-state index in [0.29, 0.717) is 0 Å². The van der Waals surface area contributed by atoms with Gasteiger partial charge in [-0.05, 0) is 35.7 Å². The first-order valence-electron chi connectivity index (χ1n) is 12.6. The van der Waals surface area contributed by atoms with Gasteiger partial charge in [0.05, 0.1) is 18.3 Å². The molecule has 0 radical (unpaired) electrons. The fourth-order valence-electron chi connectivity index (χ4n) is 3.96. The van der Waals surface area contributed by atoms with Gasteiger partial charge < -0.3 is 19.1 Å². The number of benzene rings is 2. The van der Waals surface area contributed by atoms with Gasteiger partial charge in [0.25, 0.3) is 5.56 Å². The largest absolute Gasteiger partial charge is 0.460 e. The van der Waals surface area contributed by atoms with Crippen LogP contribution in [0.25, 0.3) is 6.08 Å². The summed E-state index contributed by atoms with van der Waals surface area (Å²) in [6, 6.07) is 16.2. The van der Waals surface area contributed by atoms with Crippen molar-refractivity contribution in [2.45, 2.75) is 44.4 Å². The van der Waals surface area contributed by atoms with E-state index in [1.54, 1.807) is 42.5 Å². The Morgan fingerprint density at radius 3 is 2.59 bits per heavy atom. The molecule has 1 aromatic heterocycles. The Kier molecular flexibility index (Phi) is 10.5. The van der Waals surface area contributed by atoms with Gasteiger partial charge in [-0.3, -0.25) is 23.7 Å². The SMILES string of the molecule is C[C@H](NP(=O)(OC[C@H]1O[C@@H](n2cc(C=CBr)c(=O)[nH]c2=O)CC1O)Oc1ccccc1)C(=O)OCc1ccccc1. The van der Waals surface area contributed by atoms with E-state index in [-0.39, 0.29) is 24.3 Å². The van der Waals surface area contributed by atoms with Crippen molar-refractivity contribution in [3.8, 4) is 5.75 Å². The van der Waals surface area contributed by atoms with Gasteiger partial charge in [0.2, 0.25) is 0 Å². The number of nitrogens with one attached hydrogen (secondary N) is 2. The summed E-state index contributed by atoms with van der Waals surface area (Å²) < 4.78 is 37.4. The average molecular weight is 650 g/mol. The van der Waals surface area contributed by atoms with Crippen LogP contribution in [-0.2, 0) is 30.0 Å². The molecule has 4 rings (SSSR count). The van der Waals surface area contributed by atoms with E-state index in [1.165, 1.54) is 24.2 Å². The normalized spacial score (nSPS) is 20.9. The van der Waals surface area contributed by atoms with Crippen LogP contribution in [0.1, 0.15) is 30.7 Å². The second-order valence-electron chi connectivity index (χ2n) is 9.12. The molecule has 2 aromatic carbocycles. The number of aromatic amines is 1. The molecule has 218 valence electrons. The monoisotopic (exact) mass is 649 g/mol. The lowest BCUT2D eigenvalue weighted by atomic mass is 10.2. The van der Waals surface area contributed by atoms with Crippen LogP contribution in [-0.4, -0.2) is 45.5 Å². The third kappa shape index (κ3) is 8.35. The first-order valence-corrected chi connectivity index (χ1v) is 15.1. The van der Waals surface area contributed by atoms with Crippen molar-refractivity contribution < 1.29 is 33.0 Å². The van der Waals surface area contributed by atoms with E-state index in [1.807, 2.05) is 18.2 Å². The number of esters is 1. The second kappa shape index (κ2) is 14.0. The molecule has 41 heavy (non-hydrogen) atoms. The van der Waals surface area contributed by atoms with E-state index in [2.05, 4.69) is 26.0 Å². The van der Waals surface area contributed by atoms with Crippen LogP contribution in [0.5, 0.6) is 5.75 Å². The Morgan fingerprint density at radius 2 is 1.90 bits per heavy atom. The highest BCUT2D eigenvalue weighted by atomic mass is 79.9. The Labute approximate surface area is 243 Å². The maximum Gasteiger partial charge on any atom is 0.459 e. The van der Waals surface area contributed by atoms with Gasteiger partial charge in [-0.25, -0.2) is 9.36 Å². The van der Waals surface area contributed by atoms with Crippen LogP contribution in [0.4, 0.5) is 0 Å². The number of hydrogen-bond donors (Lipinski definition) is 3. The zero-order valence-corrected chi connectivity index (χ0v) is 24.4. The first kappa shape index (κ1) is 30.6. The molecule has 1 saturated heterocycles. The number of ether oxygens (including phenoxy) is 2. The molecule has 2 unspecified atom stereocenters. The third-order valence-electron chi connectivity index (χ3n) is 6.06. The molecule has 0 bridgehead atoms. The Balaban J connectivity index is 1.44. The number of carbonyl (C=O) groups excluding carboxylic acids is 1. The molecule has 0 spiro atoms. The summed E-state index contributed by atoms with van der Waals surface area (Å²) in [5.41, 5.74) is -0.325. The predicted molar refractivity (Wildman–Crippen MR) is 153 cm³/mol. The number of H-pyrrole nitrogens is 1. The molecule has 1 aliphatic heterocycles. The third-order valence-corrected chi connectivity index (χ3v) is 7.97. The molecule has 12 nitrogen and oxygen atoms in total. The minimum absolute atomic E-state index is 0.00304. The Bertz CT molecular complexity index is 1510. The average Bonchev–Trinajstić information content (AvgIpc) is 3.33.